The Bertz CT molecular complexity index is 1430. The quantitative estimate of drug-likeness (QED) is 0.303. The average Bonchev–Trinajstić information content (AvgIpc) is 3.40. The molecule has 0 unspecified atom stereocenters. The summed E-state index contributed by atoms with van der Waals surface area (Å²) in [5.74, 6) is 0.238. The molecular weight excluding hydrogens is 373 g/mol. The van der Waals surface area contributed by atoms with Gasteiger partial charge in [0.15, 0.2) is 0 Å². The van der Waals surface area contributed by atoms with Crippen LogP contribution in [-0.4, -0.2) is 4.98 Å². The molecule has 6 rings (SSSR count). The van der Waals surface area contributed by atoms with Crippen LogP contribution in [-0.2, 0) is 0 Å². The van der Waals surface area contributed by atoms with E-state index in [4.69, 9.17) is 9.40 Å². The molecule has 0 amide bonds. The number of fused-ring (bicyclic) bond motifs is 4. The molecule has 0 atom stereocenters. The molecule has 1 aliphatic carbocycles. The zero-order chi connectivity index (χ0) is 20.2. The second-order valence-electron chi connectivity index (χ2n) is 8.53. The van der Waals surface area contributed by atoms with Gasteiger partial charge in [0.2, 0.25) is 0 Å². The van der Waals surface area contributed by atoms with Crippen molar-refractivity contribution in [3.05, 3.63) is 77.7 Å². The first kappa shape index (κ1) is 17.6. The molecule has 5 aromatic rings. The van der Waals surface area contributed by atoms with Gasteiger partial charge in [-0.05, 0) is 73.2 Å². The fourth-order valence-electron chi connectivity index (χ4n) is 5.03. The number of aromatic nitrogens is 1. The third-order valence-corrected chi connectivity index (χ3v) is 6.46. The monoisotopic (exact) mass is 395 g/mol. The Morgan fingerprint density at radius 3 is 2.60 bits per heavy atom. The summed E-state index contributed by atoms with van der Waals surface area (Å²) < 4.78 is 20.4. The van der Waals surface area contributed by atoms with Gasteiger partial charge in [-0.1, -0.05) is 31.0 Å². The lowest BCUT2D eigenvalue weighted by molar-refractivity contribution is 0.629. The Kier molecular flexibility index (Phi) is 3.92. The molecule has 0 saturated heterocycles. The van der Waals surface area contributed by atoms with Crippen molar-refractivity contribution in [3.63, 3.8) is 0 Å². The maximum atomic E-state index is 14.1. The van der Waals surface area contributed by atoms with Crippen molar-refractivity contribution in [3.8, 4) is 11.3 Å². The van der Waals surface area contributed by atoms with Gasteiger partial charge in [0.05, 0.1) is 5.69 Å². The van der Waals surface area contributed by atoms with E-state index in [1.165, 1.54) is 18.9 Å². The van der Waals surface area contributed by atoms with Crippen molar-refractivity contribution in [2.45, 2.75) is 38.5 Å². The van der Waals surface area contributed by atoms with Gasteiger partial charge in [0, 0.05) is 33.3 Å². The van der Waals surface area contributed by atoms with E-state index in [0.717, 1.165) is 68.1 Å². The highest BCUT2D eigenvalue weighted by atomic mass is 19.1. The zero-order valence-corrected chi connectivity index (χ0v) is 16.9. The minimum absolute atomic E-state index is 0.213. The first-order chi connectivity index (χ1) is 14.7. The number of furan rings is 1. The maximum Gasteiger partial charge on any atom is 0.144 e. The number of pyridine rings is 1. The minimum atomic E-state index is -0.213. The molecule has 0 radical (unpaired) electrons. The van der Waals surface area contributed by atoms with E-state index in [9.17, 15) is 4.39 Å². The lowest BCUT2D eigenvalue weighted by atomic mass is 9.96. The topological polar surface area (TPSA) is 26.0 Å². The molecule has 0 N–H and O–H groups in total. The van der Waals surface area contributed by atoms with E-state index in [1.54, 1.807) is 6.07 Å². The molecule has 2 aromatic heterocycles. The number of halogens is 1. The number of hydrogen-bond donors (Lipinski definition) is 0. The number of benzene rings is 3. The van der Waals surface area contributed by atoms with Crippen LogP contribution in [0.5, 0.6) is 0 Å². The van der Waals surface area contributed by atoms with E-state index in [2.05, 4.69) is 31.2 Å². The normalized spacial score (nSPS) is 15.0. The van der Waals surface area contributed by atoms with Crippen molar-refractivity contribution in [1.82, 2.24) is 4.98 Å². The molecule has 3 heteroatoms. The number of nitrogens with zero attached hydrogens (tertiary/aromatic N) is 1. The van der Waals surface area contributed by atoms with Crippen molar-refractivity contribution < 1.29 is 8.81 Å². The number of aryl methyl sites for hydroxylation is 1. The zero-order valence-electron chi connectivity index (χ0n) is 16.9. The number of para-hydroxylation sites is 1. The second kappa shape index (κ2) is 6.66. The van der Waals surface area contributed by atoms with Gasteiger partial charge in [-0.15, -0.1) is 0 Å². The SMILES string of the molecule is Cc1cc(-c2nc(C3CCCC3)cc3cc(F)ccc23)c2oc3ccccc3c2c1. The first-order valence-corrected chi connectivity index (χ1v) is 10.7. The average molecular weight is 395 g/mol. The summed E-state index contributed by atoms with van der Waals surface area (Å²) in [7, 11) is 0. The van der Waals surface area contributed by atoms with Crippen LogP contribution in [0.3, 0.4) is 0 Å². The van der Waals surface area contributed by atoms with Crippen LogP contribution in [0.2, 0.25) is 0 Å². The number of hydrogen-bond acceptors (Lipinski definition) is 2. The maximum absolute atomic E-state index is 14.1. The van der Waals surface area contributed by atoms with Gasteiger partial charge in [-0.25, -0.2) is 4.39 Å². The number of rotatable bonds is 2. The summed E-state index contributed by atoms with van der Waals surface area (Å²) in [4.78, 5) is 5.16. The lowest BCUT2D eigenvalue weighted by Gasteiger charge is -2.14. The Morgan fingerprint density at radius 1 is 0.900 bits per heavy atom. The van der Waals surface area contributed by atoms with Gasteiger partial charge >= 0.3 is 0 Å². The molecule has 0 spiro atoms. The highest BCUT2D eigenvalue weighted by Gasteiger charge is 2.22. The smallest absolute Gasteiger partial charge is 0.144 e. The van der Waals surface area contributed by atoms with Crippen molar-refractivity contribution in [2.24, 2.45) is 0 Å². The van der Waals surface area contributed by atoms with Crippen molar-refractivity contribution in [1.29, 1.82) is 0 Å². The van der Waals surface area contributed by atoms with Gasteiger partial charge in [0.1, 0.15) is 17.0 Å². The second-order valence-corrected chi connectivity index (χ2v) is 8.53. The molecule has 2 nitrogen and oxygen atoms in total. The van der Waals surface area contributed by atoms with Crippen LogP contribution in [0, 0.1) is 12.7 Å². The lowest BCUT2D eigenvalue weighted by Crippen LogP contribution is -2.00. The van der Waals surface area contributed by atoms with E-state index >= 15 is 0 Å². The molecule has 0 aliphatic heterocycles. The highest BCUT2D eigenvalue weighted by molar-refractivity contribution is 6.11. The predicted octanol–water partition coefficient (Wildman–Crippen LogP) is 7.91. The van der Waals surface area contributed by atoms with Crippen molar-refractivity contribution in [2.75, 3.05) is 0 Å². The summed E-state index contributed by atoms with van der Waals surface area (Å²) in [6.07, 6.45) is 4.78. The van der Waals surface area contributed by atoms with Crippen LogP contribution in [0.4, 0.5) is 4.39 Å². The summed E-state index contributed by atoms with van der Waals surface area (Å²) in [5, 5.41) is 4.09. The van der Waals surface area contributed by atoms with Crippen LogP contribution >= 0.6 is 0 Å². The summed E-state index contributed by atoms with van der Waals surface area (Å²) in [5.41, 5.74) is 5.84. The van der Waals surface area contributed by atoms with Crippen LogP contribution in [0.1, 0.15) is 42.9 Å². The van der Waals surface area contributed by atoms with E-state index in [-0.39, 0.29) is 5.82 Å². The fourth-order valence-corrected chi connectivity index (χ4v) is 5.03. The fraction of sp³-hybridized carbons (Fsp3) is 0.222. The first-order valence-electron chi connectivity index (χ1n) is 10.7. The van der Waals surface area contributed by atoms with E-state index in [1.807, 2.05) is 24.3 Å². The molecule has 2 heterocycles. The van der Waals surface area contributed by atoms with Gasteiger partial charge < -0.3 is 4.42 Å². The Balaban J connectivity index is 1.71. The Hall–Kier alpha value is -3.20. The standard InChI is InChI=1S/C27H22FNO/c1-16-12-22-21-8-4-5-9-25(21)30-27(22)23(13-16)26-20-11-10-19(28)14-18(20)15-24(29-26)17-6-2-3-7-17/h4-5,8-15,17H,2-3,6-7H2,1H3. The third-order valence-electron chi connectivity index (χ3n) is 6.46. The molecule has 1 saturated carbocycles. The van der Waals surface area contributed by atoms with E-state index < -0.39 is 0 Å². The summed E-state index contributed by atoms with van der Waals surface area (Å²) >= 11 is 0. The predicted molar refractivity (Wildman–Crippen MR) is 120 cm³/mol. The van der Waals surface area contributed by atoms with Gasteiger partial charge in [-0.3, -0.25) is 4.98 Å². The third kappa shape index (κ3) is 2.72. The Morgan fingerprint density at radius 2 is 1.73 bits per heavy atom. The molecule has 30 heavy (non-hydrogen) atoms. The molecule has 0 bridgehead atoms. The summed E-state index contributed by atoms with van der Waals surface area (Å²) in [6, 6.07) is 19.5. The van der Waals surface area contributed by atoms with Crippen LogP contribution in [0.25, 0.3) is 44.0 Å². The minimum Gasteiger partial charge on any atom is -0.455 e. The summed E-state index contributed by atoms with van der Waals surface area (Å²) in [6.45, 7) is 2.10. The van der Waals surface area contributed by atoms with Crippen LogP contribution in [0.15, 0.2) is 65.1 Å². The molecule has 1 fully saturated rings. The molecule has 3 aromatic carbocycles. The Labute approximate surface area is 174 Å². The molecule has 1 aliphatic rings. The molecule has 148 valence electrons. The molecular formula is C27H22FNO. The van der Waals surface area contributed by atoms with Gasteiger partial charge in [0.25, 0.3) is 0 Å². The van der Waals surface area contributed by atoms with E-state index in [0.29, 0.717) is 5.92 Å². The van der Waals surface area contributed by atoms with Gasteiger partial charge in [-0.2, -0.15) is 0 Å². The highest BCUT2D eigenvalue weighted by Crippen LogP contribution is 2.41. The van der Waals surface area contributed by atoms with Crippen LogP contribution < -0.4 is 0 Å². The largest absolute Gasteiger partial charge is 0.455 e. The van der Waals surface area contributed by atoms with Crippen molar-refractivity contribution >= 4 is 32.7 Å².